The van der Waals surface area contributed by atoms with Gasteiger partial charge in [-0.1, -0.05) is 11.6 Å². The van der Waals surface area contributed by atoms with Gasteiger partial charge in [0.05, 0.1) is 11.2 Å². The number of nitrogens with zero attached hydrogens (tertiary/aromatic N) is 2. The number of benzene rings is 1. The van der Waals surface area contributed by atoms with Crippen LogP contribution in [0.1, 0.15) is 21.7 Å². The number of H-pyrrole nitrogens is 1. The zero-order valence-electron chi connectivity index (χ0n) is 10.9. The Morgan fingerprint density at radius 1 is 1.48 bits per heavy atom. The van der Waals surface area contributed by atoms with Gasteiger partial charge in [-0.2, -0.15) is 10.1 Å². The van der Waals surface area contributed by atoms with Crippen LogP contribution in [0.15, 0.2) is 34.2 Å². The lowest BCUT2D eigenvalue weighted by Gasteiger charge is -2.00. The van der Waals surface area contributed by atoms with E-state index in [0.717, 1.165) is 0 Å². The highest BCUT2D eigenvalue weighted by molar-refractivity contribution is 6.32. The van der Waals surface area contributed by atoms with Gasteiger partial charge in [-0.15, -0.1) is 0 Å². The van der Waals surface area contributed by atoms with Crippen LogP contribution < -0.4 is 11.1 Å². The van der Waals surface area contributed by atoms with Crippen molar-refractivity contribution in [1.29, 1.82) is 0 Å². The molecule has 0 bridgehead atoms. The number of carbonyl (C=O) groups excluding carboxylic acids is 1. The molecule has 1 aromatic carbocycles. The second-order valence-electron chi connectivity index (χ2n) is 4.16. The number of rotatable bonds is 3. The van der Waals surface area contributed by atoms with Crippen LogP contribution in [0.3, 0.4) is 0 Å². The first-order valence-corrected chi connectivity index (χ1v) is 6.23. The number of hydrogen-bond donors (Lipinski definition) is 3. The second-order valence-corrected chi connectivity index (χ2v) is 4.57. The van der Waals surface area contributed by atoms with Crippen LogP contribution in [0.4, 0.5) is 0 Å². The molecule has 2 rings (SSSR count). The van der Waals surface area contributed by atoms with Gasteiger partial charge in [0.2, 0.25) is 0 Å². The van der Waals surface area contributed by atoms with Crippen molar-refractivity contribution in [3.05, 3.63) is 56.7 Å². The largest absolute Gasteiger partial charge is 0.506 e. The highest BCUT2D eigenvalue weighted by atomic mass is 35.5. The SMILES string of the molecule is Cc1cc(C(=O)N/N=C/c2ccc(O)c(Cl)c2)nc(=O)[nH]1. The minimum atomic E-state index is -0.606. The first kappa shape index (κ1) is 14.7. The topological polar surface area (TPSA) is 107 Å². The Hall–Kier alpha value is -2.67. The van der Waals surface area contributed by atoms with Crippen LogP contribution in [-0.2, 0) is 0 Å². The number of aromatic amines is 1. The van der Waals surface area contributed by atoms with E-state index in [0.29, 0.717) is 11.3 Å². The van der Waals surface area contributed by atoms with E-state index in [1.54, 1.807) is 13.0 Å². The number of carbonyl (C=O) groups is 1. The molecule has 2 aromatic rings. The normalized spacial score (nSPS) is 10.8. The Kier molecular flexibility index (Phi) is 4.34. The van der Waals surface area contributed by atoms with Gasteiger partial charge in [0, 0.05) is 5.69 Å². The van der Waals surface area contributed by atoms with Crippen molar-refractivity contribution >= 4 is 23.7 Å². The van der Waals surface area contributed by atoms with Gasteiger partial charge < -0.3 is 10.1 Å². The van der Waals surface area contributed by atoms with Gasteiger partial charge in [-0.05, 0) is 36.8 Å². The molecule has 1 aromatic heterocycles. The monoisotopic (exact) mass is 306 g/mol. The molecule has 0 radical (unpaired) electrons. The first-order chi connectivity index (χ1) is 9.95. The average molecular weight is 307 g/mol. The fourth-order valence-electron chi connectivity index (χ4n) is 1.52. The molecule has 0 spiro atoms. The maximum Gasteiger partial charge on any atom is 0.345 e. The quantitative estimate of drug-likeness (QED) is 0.585. The van der Waals surface area contributed by atoms with E-state index in [1.165, 1.54) is 24.4 Å². The Balaban J connectivity index is 2.08. The number of halogens is 1. The van der Waals surface area contributed by atoms with E-state index < -0.39 is 11.6 Å². The molecule has 0 fully saturated rings. The molecule has 3 N–H and O–H groups in total. The third kappa shape index (κ3) is 3.90. The zero-order chi connectivity index (χ0) is 15.4. The lowest BCUT2D eigenvalue weighted by molar-refractivity contribution is 0.0949. The van der Waals surface area contributed by atoms with Crippen molar-refractivity contribution in [1.82, 2.24) is 15.4 Å². The maximum atomic E-state index is 11.8. The molecule has 0 atom stereocenters. The molecule has 21 heavy (non-hydrogen) atoms. The molecule has 7 nitrogen and oxygen atoms in total. The van der Waals surface area contributed by atoms with E-state index in [-0.39, 0.29) is 16.5 Å². The number of aryl methyl sites for hydroxylation is 1. The van der Waals surface area contributed by atoms with Crippen molar-refractivity contribution in [2.45, 2.75) is 6.92 Å². The number of nitrogens with one attached hydrogen (secondary N) is 2. The van der Waals surface area contributed by atoms with Gasteiger partial charge in [0.15, 0.2) is 0 Å². The van der Waals surface area contributed by atoms with E-state index in [9.17, 15) is 14.7 Å². The lowest BCUT2D eigenvalue weighted by Crippen LogP contribution is -2.24. The molecule has 0 unspecified atom stereocenters. The Morgan fingerprint density at radius 3 is 2.90 bits per heavy atom. The van der Waals surface area contributed by atoms with Crippen molar-refractivity contribution in [2.75, 3.05) is 0 Å². The summed E-state index contributed by atoms with van der Waals surface area (Å²) in [5, 5.41) is 13.2. The highest BCUT2D eigenvalue weighted by Crippen LogP contribution is 2.22. The van der Waals surface area contributed by atoms with Crippen molar-refractivity contribution < 1.29 is 9.90 Å². The van der Waals surface area contributed by atoms with Gasteiger partial charge in [-0.25, -0.2) is 10.2 Å². The van der Waals surface area contributed by atoms with Crippen LogP contribution in [0.5, 0.6) is 5.75 Å². The summed E-state index contributed by atoms with van der Waals surface area (Å²) < 4.78 is 0. The Labute approximate surface area is 124 Å². The fraction of sp³-hybridized carbons (Fsp3) is 0.0769. The van der Waals surface area contributed by atoms with E-state index in [1.807, 2.05) is 0 Å². The summed E-state index contributed by atoms with van der Waals surface area (Å²) >= 11 is 5.74. The minimum absolute atomic E-state index is 0.0304. The molecule has 108 valence electrons. The minimum Gasteiger partial charge on any atom is -0.506 e. The molecule has 8 heteroatoms. The Morgan fingerprint density at radius 2 is 2.24 bits per heavy atom. The van der Waals surface area contributed by atoms with Crippen molar-refractivity contribution in [3.63, 3.8) is 0 Å². The number of phenolic OH excluding ortho intramolecular Hbond substituents is 1. The molecular weight excluding hydrogens is 296 g/mol. The molecule has 1 amide bonds. The van der Waals surface area contributed by atoms with Crippen molar-refractivity contribution in [3.8, 4) is 5.75 Å². The summed E-state index contributed by atoms with van der Waals surface area (Å²) in [6.45, 7) is 1.64. The van der Waals surface area contributed by atoms with Crippen LogP contribution in [0.2, 0.25) is 5.02 Å². The lowest BCUT2D eigenvalue weighted by atomic mass is 10.2. The summed E-state index contributed by atoms with van der Waals surface area (Å²) in [7, 11) is 0. The fourth-order valence-corrected chi connectivity index (χ4v) is 1.71. The van der Waals surface area contributed by atoms with Gasteiger partial charge >= 0.3 is 5.69 Å². The average Bonchev–Trinajstić information content (AvgIpc) is 2.41. The van der Waals surface area contributed by atoms with Gasteiger partial charge in [-0.3, -0.25) is 4.79 Å². The summed E-state index contributed by atoms with van der Waals surface area (Å²) in [5.41, 5.74) is 2.73. The van der Waals surface area contributed by atoms with E-state index >= 15 is 0 Å². The van der Waals surface area contributed by atoms with Gasteiger partial charge in [0.1, 0.15) is 11.4 Å². The number of hydrazone groups is 1. The molecule has 0 aliphatic heterocycles. The molecule has 0 aliphatic carbocycles. The summed E-state index contributed by atoms with van der Waals surface area (Å²) in [5.74, 6) is -0.647. The number of hydrogen-bond acceptors (Lipinski definition) is 5. The van der Waals surface area contributed by atoms with Crippen LogP contribution in [-0.4, -0.2) is 27.2 Å². The van der Waals surface area contributed by atoms with Crippen LogP contribution >= 0.6 is 11.6 Å². The third-order valence-electron chi connectivity index (χ3n) is 2.46. The number of phenols is 1. The predicted octanol–water partition coefficient (Wildman–Crippen LogP) is 1.20. The predicted molar refractivity (Wildman–Crippen MR) is 77.8 cm³/mol. The number of aromatic hydroxyl groups is 1. The number of amides is 1. The third-order valence-corrected chi connectivity index (χ3v) is 2.77. The first-order valence-electron chi connectivity index (χ1n) is 5.85. The summed E-state index contributed by atoms with van der Waals surface area (Å²) in [6.07, 6.45) is 1.35. The van der Waals surface area contributed by atoms with Crippen molar-refractivity contribution in [2.24, 2.45) is 5.10 Å². The summed E-state index contributed by atoms with van der Waals surface area (Å²) in [4.78, 5) is 28.9. The molecule has 1 heterocycles. The summed E-state index contributed by atoms with van der Waals surface area (Å²) in [6, 6.07) is 5.91. The Bertz CT molecular complexity index is 770. The molecule has 0 aliphatic rings. The van der Waals surface area contributed by atoms with E-state index in [4.69, 9.17) is 11.6 Å². The van der Waals surface area contributed by atoms with Crippen LogP contribution in [0.25, 0.3) is 0 Å². The molecule has 0 saturated heterocycles. The van der Waals surface area contributed by atoms with Gasteiger partial charge in [0.25, 0.3) is 5.91 Å². The highest BCUT2D eigenvalue weighted by Gasteiger charge is 2.07. The van der Waals surface area contributed by atoms with Crippen LogP contribution in [0, 0.1) is 6.92 Å². The molecule has 0 saturated carbocycles. The smallest absolute Gasteiger partial charge is 0.345 e. The maximum absolute atomic E-state index is 11.8. The standard InChI is InChI=1S/C13H11ClN4O3/c1-7-4-10(17-13(21)16-7)12(20)18-15-6-8-2-3-11(19)9(14)5-8/h2-6,19H,1H3,(H,18,20)(H,16,17,21)/b15-6+. The zero-order valence-corrected chi connectivity index (χ0v) is 11.7. The number of aromatic nitrogens is 2. The second kappa shape index (κ2) is 6.19. The molecular formula is C13H11ClN4O3. The van der Waals surface area contributed by atoms with E-state index in [2.05, 4.69) is 20.5 Å².